The summed E-state index contributed by atoms with van der Waals surface area (Å²) < 4.78 is 11.1. The topological polar surface area (TPSA) is 70.6 Å². The zero-order valence-corrected chi connectivity index (χ0v) is 13.1. The van der Waals surface area contributed by atoms with Crippen molar-refractivity contribution in [2.75, 3.05) is 39.5 Å². The SMILES string of the molecule is OC(COC1CCOCC1)CN1CCCC(c2ncc[nH]2)C1. The van der Waals surface area contributed by atoms with Gasteiger partial charge in [0.05, 0.1) is 18.8 Å². The fourth-order valence-electron chi connectivity index (χ4n) is 3.39. The second kappa shape index (κ2) is 8.06. The van der Waals surface area contributed by atoms with Gasteiger partial charge >= 0.3 is 0 Å². The Labute approximate surface area is 131 Å². The van der Waals surface area contributed by atoms with Crippen LogP contribution in [0.2, 0.25) is 0 Å². The van der Waals surface area contributed by atoms with Gasteiger partial charge in [-0.05, 0) is 32.2 Å². The maximum absolute atomic E-state index is 10.2. The van der Waals surface area contributed by atoms with E-state index in [0.29, 0.717) is 19.1 Å². The number of piperidine rings is 1. The van der Waals surface area contributed by atoms with Crippen molar-refractivity contribution in [3.63, 3.8) is 0 Å². The van der Waals surface area contributed by atoms with Crippen LogP contribution in [0.25, 0.3) is 0 Å². The molecule has 0 spiro atoms. The van der Waals surface area contributed by atoms with Gasteiger partial charge in [-0.1, -0.05) is 0 Å². The zero-order valence-electron chi connectivity index (χ0n) is 13.1. The molecule has 22 heavy (non-hydrogen) atoms. The van der Waals surface area contributed by atoms with E-state index in [1.165, 1.54) is 6.42 Å². The molecule has 0 saturated carbocycles. The maximum atomic E-state index is 10.2. The number of nitrogens with zero attached hydrogens (tertiary/aromatic N) is 2. The van der Waals surface area contributed by atoms with Crippen LogP contribution in [0.5, 0.6) is 0 Å². The molecule has 2 saturated heterocycles. The molecule has 2 aliphatic heterocycles. The largest absolute Gasteiger partial charge is 0.389 e. The van der Waals surface area contributed by atoms with Crippen molar-refractivity contribution in [3.8, 4) is 0 Å². The second-order valence-corrected chi connectivity index (χ2v) is 6.37. The monoisotopic (exact) mass is 309 g/mol. The molecule has 3 rings (SSSR count). The molecule has 0 amide bonds. The summed E-state index contributed by atoms with van der Waals surface area (Å²) in [5.74, 6) is 1.52. The minimum Gasteiger partial charge on any atom is -0.389 e. The molecule has 2 N–H and O–H groups in total. The summed E-state index contributed by atoms with van der Waals surface area (Å²) in [4.78, 5) is 9.91. The second-order valence-electron chi connectivity index (χ2n) is 6.37. The lowest BCUT2D eigenvalue weighted by molar-refractivity contribution is -0.0651. The van der Waals surface area contributed by atoms with Crippen LogP contribution in [0.3, 0.4) is 0 Å². The molecule has 6 heteroatoms. The number of aliphatic hydroxyl groups excluding tert-OH is 1. The van der Waals surface area contributed by atoms with Gasteiger partial charge in [-0.2, -0.15) is 0 Å². The molecule has 0 aromatic carbocycles. The number of hydrogen-bond acceptors (Lipinski definition) is 5. The average Bonchev–Trinajstić information content (AvgIpc) is 3.09. The number of aromatic nitrogens is 2. The Morgan fingerprint density at radius 1 is 1.41 bits per heavy atom. The summed E-state index contributed by atoms with van der Waals surface area (Å²) in [7, 11) is 0. The highest BCUT2D eigenvalue weighted by molar-refractivity contribution is 4.99. The number of hydrogen-bond donors (Lipinski definition) is 2. The molecule has 0 bridgehead atoms. The van der Waals surface area contributed by atoms with Crippen LogP contribution in [0, 0.1) is 0 Å². The van der Waals surface area contributed by atoms with Crippen LogP contribution in [-0.4, -0.2) is 71.6 Å². The molecule has 6 nitrogen and oxygen atoms in total. The van der Waals surface area contributed by atoms with Gasteiger partial charge in [0.25, 0.3) is 0 Å². The highest BCUT2D eigenvalue weighted by Crippen LogP contribution is 2.24. The summed E-state index contributed by atoms with van der Waals surface area (Å²) in [6, 6.07) is 0. The highest BCUT2D eigenvalue weighted by atomic mass is 16.5. The zero-order chi connectivity index (χ0) is 15.2. The number of aliphatic hydroxyl groups is 1. The van der Waals surface area contributed by atoms with Crippen LogP contribution in [0.1, 0.15) is 37.4 Å². The number of H-pyrrole nitrogens is 1. The van der Waals surface area contributed by atoms with Gasteiger partial charge in [-0.25, -0.2) is 4.98 Å². The van der Waals surface area contributed by atoms with Gasteiger partial charge in [0.2, 0.25) is 0 Å². The summed E-state index contributed by atoms with van der Waals surface area (Å²) in [6.45, 7) is 4.66. The molecule has 2 aliphatic rings. The van der Waals surface area contributed by atoms with Gasteiger partial charge in [0, 0.05) is 44.6 Å². The number of imidazole rings is 1. The molecule has 3 heterocycles. The molecule has 124 valence electrons. The van der Waals surface area contributed by atoms with E-state index in [1.54, 1.807) is 0 Å². The van der Waals surface area contributed by atoms with E-state index in [1.807, 2.05) is 12.4 Å². The molecule has 2 unspecified atom stereocenters. The Balaban J connectivity index is 1.39. The fraction of sp³-hybridized carbons (Fsp3) is 0.812. The lowest BCUT2D eigenvalue weighted by atomic mass is 9.97. The third-order valence-electron chi connectivity index (χ3n) is 4.57. The Hall–Kier alpha value is -0.950. The van der Waals surface area contributed by atoms with Crippen molar-refractivity contribution in [3.05, 3.63) is 18.2 Å². The van der Waals surface area contributed by atoms with E-state index in [4.69, 9.17) is 9.47 Å². The highest BCUT2D eigenvalue weighted by Gasteiger charge is 2.25. The van der Waals surface area contributed by atoms with Crippen molar-refractivity contribution >= 4 is 0 Å². The lowest BCUT2D eigenvalue weighted by Gasteiger charge is -2.33. The van der Waals surface area contributed by atoms with E-state index >= 15 is 0 Å². The third kappa shape index (κ3) is 4.52. The average molecular weight is 309 g/mol. The normalized spacial score (nSPS) is 26.1. The first-order valence-electron chi connectivity index (χ1n) is 8.40. The van der Waals surface area contributed by atoms with Crippen molar-refractivity contribution in [2.24, 2.45) is 0 Å². The van der Waals surface area contributed by atoms with Crippen molar-refractivity contribution in [1.29, 1.82) is 0 Å². The first-order valence-corrected chi connectivity index (χ1v) is 8.40. The summed E-state index contributed by atoms with van der Waals surface area (Å²) in [5, 5.41) is 10.2. The van der Waals surface area contributed by atoms with E-state index < -0.39 is 6.10 Å². The molecule has 2 fully saturated rings. The van der Waals surface area contributed by atoms with Crippen LogP contribution >= 0.6 is 0 Å². The van der Waals surface area contributed by atoms with Gasteiger partial charge in [-0.15, -0.1) is 0 Å². The van der Waals surface area contributed by atoms with Gasteiger partial charge < -0.3 is 19.6 Å². The van der Waals surface area contributed by atoms with Gasteiger partial charge in [0.1, 0.15) is 5.82 Å². The van der Waals surface area contributed by atoms with E-state index in [9.17, 15) is 5.11 Å². The molecule has 0 radical (unpaired) electrons. The molecule has 1 aromatic heterocycles. The van der Waals surface area contributed by atoms with Crippen molar-refractivity contribution < 1.29 is 14.6 Å². The molecular formula is C16H27N3O3. The Bertz CT molecular complexity index is 420. The fourth-order valence-corrected chi connectivity index (χ4v) is 3.39. The first-order chi connectivity index (χ1) is 10.8. The number of rotatable bonds is 6. The van der Waals surface area contributed by atoms with Gasteiger partial charge in [-0.3, -0.25) is 4.90 Å². The summed E-state index contributed by atoms with van der Waals surface area (Å²) in [6.07, 6.45) is 7.72. The Morgan fingerprint density at radius 3 is 3.05 bits per heavy atom. The number of aromatic amines is 1. The molecule has 0 aliphatic carbocycles. The third-order valence-corrected chi connectivity index (χ3v) is 4.57. The van der Waals surface area contributed by atoms with Crippen LogP contribution in [0.15, 0.2) is 12.4 Å². The summed E-state index contributed by atoms with van der Waals surface area (Å²) in [5.41, 5.74) is 0. The minimum atomic E-state index is -0.418. The summed E-state index contributed by atoms with van der Waals surface area (Å²) >= 11 is 0. The number of ether oxygens (including phenoxy) is 2. The Kier molecular flexibility index (Phi) is 5.83. The van der Waals surface area contributed by atoms with Crippen LogP contribution in [0.4, 0.5) is 0 Å². The predicted molar refractivity (Wildman–Crippen MR) is 82.8 cm³/mol. The van der Waals surface area contributed by atoms with E-state index in [2.05, 4.69) is 14.9 Å². The van der Waals surface area contributed by atoms with E-state index in [0.717, 1.165) is 51.4 Å². The minimum absolute atomic E-state index is 0.251. The quantitative estimate of drug-likeness (QED) is 0.825. The van der Waals surface area contributed by atoms with Crippen LogP contribution < -0.4 is 0 Å². The maximum Gasteiger partial charge on any atom is 0.110 e. The van der Waals surface area contributed by atoms with E-state index in [-0.39, 0.29) is 6.10 Å². The smallest absolute Gasteiger partial charge is 0.110 e. The van der Waals surface area contributed by atoms with Crippen molar-refractivity contribution in [2.45, 2.75) is 43.8 Å². The Morgan fingerprint density at radius 2 is 2.27 bits per heavy atom. The molecule has 1 aromatic rings. The first kappa shape index (κ1) is 15.9. The lowest BCUT2D eigenvalue weighted by Crippen LogP contribution is -2.41. The number of nitrogens with one attached hydrogen (secondary N) is 1. The van der Waals surface area contributed by atoms with Crippen LogP contribution in [-0.2, 0) is 9.47 Å². The number of likely N-dealkylation sites (tertiary alicyclic amines) is 1. The number of β-amino-alcohol motifs (C(OH)–C–C–N with tert-alkyl or cyclic N) is 1. The predicted octanol–water partition coefficient (Wildman–Crippen LogP) is 1.15. The van der Waals surface area contributed by atoms with Crippen molar-refractivity contribution in [1.82, 2.24) is 14.9 Å². The van der Waals surface area contributed by atoms with Gasteiger partial charge in [0.15, 0.2) is 0 Å². The standard InChI is InChI=1S/C16H27N3O3/c20-14(12-22-15-3-8-21-9-4-15)11-19-7-1-2-13(10-19)16-17-5-6-18-16/h5-6,13-15,20H,1-4,7-12H2,(H,17,18). The molecule has 2 atom stereocenters. The molecular weight excluding hydrogens is 282 g/mol.